The van der Waals surface area contributed by atoms with Gasteiger partial charge < -0.3 is 19.3 Å². The summed E-state index contributed by atoms with van der Waals surface area (Å²) in [5.41, 5.74) is 3.89. The fourth-order valence-corrected chi connectivity index (χ4v) is 6.69. The minimum absolute atomic E-state index is 0.364. The van der Waals surface area contributed by atoms with Crippen molar-refractivity contribution in [3.05, 3.63) is 77.1 Å². The molecule has 0 spiro atoms. The van der Waals surface area contributed by atoms with Crippen molar-refractivity contribution in [2.45, 2.75) is 77.7 Å². The van der Waals surface area contributed by atoms with Crippen LogP contribution in [0.1, 0.15) is 94.4 Å². The number of benzene rings is 2. The number of cyclic esters (lactones) is 1. The monoisotopic (exact) mass is 589 g/mol. The molecule has 2 heterocycles. The molecule has 6 nitrogen and oxygen atoms in total. The summed E-state index contributed by atoms with van der Waals surface area (Å²) in [4.78, 5) is 24.2. The molecule has 0 saturated heterocycles. The van der Waals surface area contributed by atoms with Crippen molar-refractivity contribution in [3.8, 4) is 5.75 Å². The van der Waals surface area contributed by atoms with Gasteiger partial charge in [-0.15, -0.1) is 11.8 Å². The van der Waals surface area contributed by atoms with E-state index in [0.717, 1.165) is 90.8 Å². The Kier molecular flexibility index (Phi) is 11.2. The predicted octanol–water partition coefficient (Wildman–Crippen LogP) is 8.31. The van der Waals surface area contributed by atoms with Gasteiger partial charge in [0, 0.05) is 65.8 Å². The van der Waals surface area contributed by atoms with E-state index in [1.807, 2.05) is 13.0 Å². The Bertz CT molecular complexity index is 1330. The summed E-state index contributed by atoms with van der Waals surface area (Å²) in [5.74, 6) is 1.24. The zero-order valence-electron chi connectivity index (χ0n) is 26.2. The molecule has 0 bridgehead atoms. The number of esters is 1. The number of fused-ring (bicyclic) bond motifs is 1. The third kappa shape index (κ3) is 6.26. The minimum atomic E-state index is -1.23. The van der Waals surface area contributed by atoms with Crippen LogP contribution in [-0.2, 0) is 10.3 Å². The Morgan fingerprint density at radius 2 is 1.52 bits per heavy atom. The number of carbonyl (C=O) groups excluding carboxylic acids is 1. The van der Waals surface area contributed by atoms with Crippen LogP contribution in [0.25, 0.3) is 0 Å². The Balaban J connectivity index is 1.98. The average Bonchev–Trinajstić information content (AvgIpc) is 3.31. The highest BCUT2D eigenvalue weighted by atomic mass is 32.2. The van der Waals surface area contributed by atoms with Gasteiger partial charge in [0.05, 0.1) is 12.2 Å². The number of hydrogen-bond donors (Lipinski definition) is 0. The van der Waals surface area contributed by atoms with E-state index in [0.29, 0.717) is 17.9 Å². The van der Waals surface area contributed by atoms with Crippen molar-refractivity contribution < 1.29 is 14.3 Å². The predicted molar refractivity (Wildman–Crippen MR) is 176 cm³/mol. The van der Waals surface area contributed by atoms with Crippen molar-refractivity contribution in [2.24, 2.45) is 0 Å². The summed E-state index contributed by atoms with van der Waals surface area (Å²) >= 11 is 1.76. The molecular formula is C35H47N3O3S. The number of carbonyl (C=O) groups is 1. The van der Waals surface area contributed by atoms with E-state index in [2.05, 4.69) is 80.8 Å². The molecule has 1 atom stereocenters. The van der Waals surface area contributed by atoms with E-state index in [9.17, 15) is 4.79 Å². The number of rotatable bonds is 16. The topological polar surface area (TPSA) is 54.9 Å². The maximum atomic E-state index is 13.5. The van der Waals surface area contributed by atoms with E-state index in [1.165, 1.54) is 0 Å². The number of hydrogen-bond acceptors (Lipinski definition) is 7. The van der Waals surface area contributed by atoms with Crippen LogP contribution in [0.4, 0.5) is 11.4 Å². The average molecular weight is 590 g/mol. The van der Waals surface area contributed by atoms with Gasteiger partial charge in [-0.2, -0.15) is 0 Å². The Labute approximate surface area is 256 Å². The first-order valence-corrected chi connectivity index (χ1v) is 16.7. The van der Waals surface area contributed by atoms with Crippen LogP contribution in [-0.4, -0.2) is 49.5 Å². The number of nitrogens with zero attached hydrogens (tertiary/aromatic N) is 3. The molecule has 0 fully saturated rings. The standard InChI is InChI=1S/C35H47N3O3S/c1-7-13-22-38(23-14-8-2)26-17-19-29(31(24-26)40-11-5)35(33-28(34(39)41-35)16-15-21-36-33)30-20-18-27(37(9-3)10-4)25-32(30)42-12-6/h15-21,24-25H,7-14,22-23H2,1-6H3. The number of aromatic nitrogens is 1. The summed E-state index contributed by atoms with van der Waals surface area (Å²) in [6.45, 7) is 17.3. The largest absolute Gasteiger partial charge is 0.493 e. The van der Waals surface area contributed by atoms with Crippen molar-refractivity contribution in [2.75, 3.05) is 48.3 Å². The van der Waals surface area contributed by atoms with E-state index < -0.39 is 5.60 Å². The molecule has 0 saturated carbocycles. The van der Waals surface area contributed by atoms with Gasteiger partial charge in [-0.05, 0) is 75.8 Å². The highest BCUT2D eigenvalue weighted by Crippen LogP contribution is 2.52. The molecule has 0 aliphatic carbocycles. The quantitative estimate of drug-likeness (QED) is 0.123. The summed E-state index contributed by atoms with van der Waals surface area (Å²) < 4.78 is 12.9. The third-order valence-corrected chi connectivity index (χ3v) is 8.89. The Morgan fingerprint density at radius 3 is 2.14 bits per heavy atom. The lowest BCUT2D eigenvalue weighted by Gasteiger charge is -2.34. The van der Waals surface area contributed by atoms with Crippen molar-refractivity contribution >= 4 is 29.1 Å². The molecule has 2 aromatic carbocycles. The van der Waals surface area contributed by atoms with E-state index in [-0.39, 0.29) is 5.97 Å². The summed E-state index contributed by atoms with van der Waals surface area (Å²) in [5, 5.41) is 0. The molecule has 0 amide bonds. The molecule has 42 heavy (non-hydrogen) atoms. The lowest BCUT2D eigenvalue weighted by molar-refractivity contribution is 0.0228. The first-order valence-electron chi connectivity index (χ1n) is 15.7. The van der Waals surface area contributed by atoms with Crippen molar-refractivity contribution in [3.63, 3.8) is 0 Å². The van der Waals surface area contributed by atoms with Crippen LogP contribution in [0.5, 0.6) is 5.75 Å². The van der Waals surface area contributed by atoms with Crippen LogP contribution in [0.2, 0.25) is 0 Å². The van der Waals surface area contributed by atoms with E-state index in [4.69, 9.17) is 14.5 Å². The van der Waals surface area contributed by atoms with Crippen molar-refractivity contribution in [1.29, 1.82) is 0 Å². The van der Waals surface area contributed by atoms with Gasteiger partial charge >= 0.3 is 5.97 Å². The molecule has 226 valence electrons. The summed E-state index contributed by atoms with van der Waals surface area (Å²) in [7, 11) is 0. The molecule has 1 aromatic heterocycles. The van der Waals surface area contributed by atoms with Crippen LogP contribution in [0.15, 0.2) is 59.6 Å². The molecule has 0 radical (unpaired) electrons. The van der Waals surface area contributed by atoms with Crippen LogP contribution >= 0.6 is 11.8 Å². The molecule has 0 N–H and O–H groups in total. The SMILES string of the molecule is CCCCN(CCCC)c1ccc(C2(c3ccc(N(CC)CC)cc3SCC)OC(=O)c3cccnc32)c(OCC)c1. The van der Waals surface area contributed by atoms with Crippen LogP contribution in [0.3, 0.4) is 0 Å². The number of ether oxygens (including phenoxy) is 2. The molecule has 1 unspecified atom stereocenters. The molecule has 1 aliphatic heterocycles. The lowest BCUT2D eigenvalue weighted by atomic mass is 9.81. The normalized spacial score (nSPS) is 15.8. The highest BCUT2D eigenvalue weighted by molar-refractivity contribution is 7.99. The van der Waals surface area contributed by atoms with Gasteiger partial charge in [-0.1, -0.05) is 39.7 Å². The zero-order valence-corrected chi connectivity index (χ0v) is 27.1. The van der Waals surface area contributed by atoms with Gasteiger partial charge in [-0.3, -0.25) is 4.98 Å². The first kappa shape index (κ1) is 31.7. The molecular weight excluding hydrogens is 542 g/mol. The maximum Gasteiger partial charge on any atom is 0.341 e. The number of thioether (sulfide) groups is 1. The third-order valence-electron chi connectivity index (χ3n) is 7.95. The maximum absolute atomic E-state index is 13.5. The minimum Gasteiger partial charge on any atom is -0.493 e. The number of pyridine rings is 1. The fourth-order valence-electron chi connectivity index (χ4n) is 5.81. The zero-order chi connectivity index (χ0) is 30.1. The number of anilines is 2. The van der Waals surface area contributed by atoms with E-state index >= 15 is 0 Å². The van der Waals surface area contributed by atoms with E-state index in [1.54, 1.807) is 24.0 Å². The van der Waals surface area contributed by atoms with Gasteiger partial charge in [-0.25, -0.2) is 4.79 Å². The molecule has 7 heteroatoms. The lowest BCUT2D eigenvalue weighted by Crippen LogP contribution is -2.32. The van der Waals surface area contributed by atoms with Gasteiger partial charge in [0.15, 0.2) is 0 Å². The second-order valence-corrected chi connectivity index (χ2v) is 11.9. The second kappa shape index (κ2) is 14.8. The van der Waals surface area contributed by atoms with Gasteiger partial charge in [0.25, 0.3) is 0 Å². The molecule has 1 aliphatic rings. The molecule has 4 rings (SSSR count). The van der Waals surface area contributed by atoms with Gasteiger partial charge in [0.1, 0.15) is 11.4 Å². The second-order valence-electron chi connectivity index (χ2n) is 10.6. The fraction of sp³-hybridized carbons (Fsp3) is 0.486. The van der Waals surface area contributed by atoms with Crippen LogP contribution in [0, 0.1) is 0 Å². The van der Waals surface area contributed by atoms with Crippen LogP contribution < -0.4 is 14.5 Å². The van der Waals surface area contributed by atoms with Gasteiger partial charge in [0.2, 0.25) is 5.60 Å². The number of unbranched alkanes of at least 4 members (excludes halogenated alkanes) is 2. The highest BCUT2D eigenvalue weighted by Gasteiger charge is 2.52. The summed E-state index contributed by atoms with van der Waals surface area (Å²) in [6.07, 6.45) is 6.29. The first-order chi connectivity index (χ1) is 20.5. The summed E-state index contributed by atoms with van der Waals surface area (Å²) in [6, 6.07) is 16.5. The smallest absolute Gasteiger partial charge is 0.341 e. The molecule has 3 aromatic rings. The Morgan fingerprint density at radius 1 is 0.857 bits per heavy atom. The Hall–Kier alpha value is -3.19. The van der Waals surface area contributed by atoms with Crippen molar-refractivity contribution in [1.82, 2.24) is 4.98 Å².